The fourth-order valence-corrected chi connectivity index (χ4v) is 2.95. The number of nitrogens with one attached hydrogen (secondary N) is 2. The number of benzene rings is 1. The SMILES string of the molecule is CCCC1(c2nc3ccccc3[nH]2)CCCN1. The summed E-state index contributed by atoms with van der Waals surface area (Å²) in [7, 11) is 0. The maximum absolute atomic E-state index is 4.77. The van der Waals surface area contributed by atoms with Crippen molar-refractivity contribution in [3.63, 3.8) is 0 Å². The van der Waals surface area contributed by atoms with Gasteiger partial charge in [0.2, 0.25) is 0 Å². The normalized spacial score (nSPS) is 24.5. The molecule has 0 radical (unpaired) electrons. The van der Waals surface area contributed by atoms with Crippen molar-refractivity contribution in [1.82, 2.24) is 15.3 Å². The number of hydrogen-bond donors (Lipinski definition) is 2. The fraction of sp³-hybridized carbons (Fsp3) is 0.500. The van der Waals surface area contributed by atoms with E-state index in [-0.39, 0.29) is 5.54 Å². The minimum absolute atomic E-state index is 0.0910. The van der Waals surface area contributed by atoms with Gasteiger partial charge in [0, 0.05) is 0 Å². The maximum atomic E-state index is 4.77. The number of nitrogens with zero attached hydrogens (tertiary/aromatic N) is 1. The summed E-state index contributed by atoms with van der Waals surface area (Å²) in [5.41, 5.74) is 2.31. The molecule has 17 heavy (non-hydrogen) atoms. The first-order chi connectivity index (χ1) is 8.34. The van der Waals surface area contributed by atoms with Gasteiger partial charge >= 0.3 is 0 Å². The second-order valence-electron chi connectivity index (χ2n) is 4.96. The van der Waals surface area contributed by atoms with E-state index < -0.39 is 0 Å². The van der Waals surface area contributed by atoms with Gasteiger partial charge in [0.1, 0.15) is 5.82 Å². The van der Waals surface area contributed by atoms with Gasteiger partial charge < -0.3 is 10.3 Å². The van der Waals surface area contributed by atoms with E-state index in [4.69, 9.17) is 4.98 Å². The molecule has 2 N–H and O–H groups in total. The van der Waals surface area contributed by atoms with Gasteiger partial charge in [0.15, 0.2) is 0 Å². The molecule has 0 spiro atoms. The third-order valence-electron chi connectivity index (χ3n) is 3.76. The third-order valence-corrected chi connectivity index (χ3v) is 3.76. The van der Waals surface area contributed by atoms with Crippen molar-refractivity contribution in [2.24, 2.45) is 0 Å². The van der Waals surface area contributed by atoms with E-state index in [1.807, 2.05) is 6.07 Å². The predicted octanol–water partition coefficient (Wildman–Crippen LogP) is 2.94. The summed E-state index contributed by atoms with van der Waals surface area (Å²) in [6, 6.07) is 8.27. The van der Waals surface area contributed by atoms with E-state index in [1.54, 1.807) is 0 Å². The minimum Gasteiger partial charge on any atom is -0.340 e. The van der Waals surface area contributed by atoms with E-state index in [9.17, 15) is 0 Å². The second kappa shape index (κ2) is 4.15. The number of H-pyrrole nitrogens is 1. The van der Waals surface area contributed by atoms with Crippen LogP contribution in [0.4, 0.5) is 0 Å². The van der Waals surface area contributed by atoms with Gasteiger partial charge in [-0.2, -0.15) is 0 Å². The Balaban J connectivity index is 2.05. The standard InChI is InChI=1S/C14H19N3/c1-2-8-14(9-5-10-15-14)13-16-11-6-3-4-7-12(11)17-13/h3-4,6-7,15H,2,5,8-10H2,1H3,(H,16,17). The van der Waals surface area contributed by atoms with Gasteiger partial charge in [0.25, 0.3) is 0 Å². The van der Waals surface area contributed by atoms with Crippen molar-refractivity contribution in [3.05, 3.63) is 30.1 Å². The van der Waals surface area contributed by atoms with Crippen LogP contribution in [0.2, 0.25) is 0 Å². The molecule has 3 rings (SSSR count). The summed E-state index contributed by atoms with van der Waals surface area (Å²) in [6.07, 6.45) is 4.79. The molecular weight excluding hydrogens is 210 g/mol. The van der Waals surface area contributed by atoms with Crippen LogP contribution in [-0.2, 0) is 5.54 Å². The Hall–Kier alpha value is -1.35. The average molecular weight is 229 g/mol. The van der Waals surface area contributed by atoms with Crippen LogP contribution < -0.4 is 5.32 Å². The molecule has 0 aliphatic carbocycles. The summed E-state index contributed by atoms with van der Waals surface area (Å²) in [6.45, 7) is 3.35. The zero-order valence-corrected chi connectivity index (χ0v) is 10.3. The van der Waals surface area contributed by atoms with Crippen LogP contribution in [0.15, 0.2) is 24.3 Å². The molecule has 0 bridgehead atoms. The number of rotatable bonds is 3. The molecule has 1 atom stereocenters. The molecule has 1 unspecified atom stereocenters. The van der Waals surface area contributed by atoms with Gasteiger partial charge in [0.05, 0.1) is 16.6 Å². The predicted molar refractivity (Wildman–Crippen MR) is 69.9 cm³/mol. The highest BCUT2D eigenvalue weighted by atomic mass is 15.1. The number of fused-ring (bicyclic) bond motifs is 1. The van der Waals surface area contributed by atoms with Crippen molar-refractivity contribution in [3.8, 4) is 0 Å². The average Bonchev–Trinajstić information content (AvgIpc) is 2.95. The monoisotopic (exact) mass is 229 g/mol. The summed E-state index contributed by atoms with van der Waals surface area (Å²) < 4.78 is 0. The molecule has 3 nitrogen and oxygen atoms in total. The highest BCUT2D eigenvalue weighted by Gasteiger charge is 2.36. The van der Waals surface area contributed by atoms with Crippen LogP contribution in [0.1, 0.15) is 38.4 Å². The third kappa shape index (κ3) is 1.75. The van der Waals surface area contributed by atoms with Crippen LogP contribution in [0.25, 0.3) is 11.0 Å². The molecule has 2 heterocycles. The molecule has 1 aliphatic rings. The van der Waals surface area contributed by atoms with Crippen molar-refractivity contribution in [2.45, 2.75) is 38.1 Å². The number of imidazole rings is 1. The van der Waals surface area contributed by atoms with Gasteiger partial charge in [-0.3, -0.25) is 0 Å². The molecule has 0 amide bonds. The zero-order chi connectivity index (χ0) is 11.7. The smallest absolute Gasteiger partial charge is 0.127 e. The van der Waals surface area contributed by atoms with Crippen LogP contribution in [-0.4, -0.2) is 16.5 Å². The van der Waals surface area contributed by atoms with Crippen molar-refractivity contribution in [2.75, 3.05) is 6.54 Å². The van der Waals surface area contributed by atoms with Crippen molar-refractivity contribution >= 4 is 11.0 Å². The summed E-state index contributed by atoms with van der Waals surface area (Å²) in [5.74, 6) is 1.12. The van der Waals surface area contributed by atoms with Crippen molar-refractivity contribution < 1.29 is 0 Å². The van der Waals surface area contributed by atoms with E-state index >= 15 is 0 Å². The first kappa shape index (κ1) is 10.8. The van der Waals surface area contributed by atoms with Crippen molar-refractivity contribution in [1.29, 1.82) is 0 Å². The maximum Gasteiger partial charge on any atom is 0.127 e. The molecular formula is C14H19N3. The first-order valence-electron chi connectivity index (χ1n) is 6.54. The van der Waals surface area contributed by atoms with E-state index in [0.717, 1.165) is 29.8 Å². The topological polar surface area (TPSA) is 40.7 Å². The molecule has 2 aromatic rings. The molecule has 0 saturated carbocycles. The second-order valence-corrected chi connectivity index (χ2v) is 4.96. The van der Waals surface area contributed by atoms with Crippen LogP contribution in [0.5, 0.6) is 0 Å². The zero-order valence-electron chi connectivity index (χ0n) is 10.3. The van der Waals surface area contributed by atoms with E-state index in [2.05, 4.69) is 35.4 Å². The van der Waals surface area contributed by atoms with E-state index in [0.29, 0.717) is 0 Å². The van der Waals surface area contributed by atoms with E-state index in [1.165, 1.54) is 19.3 Å². The van der Waals surface area contributed by atoms with Gasteiger partial charge in [-0.25, -0.2) is 4.98 Å². The molecule has 1 aromatic heterocycles. The molecule has 1 aliphatic heterocycles. The summed E-state index contributed by atoms with van der Waals surface area (Å²) >= 11 is 0. The Kier molecular flexibility index (Phi) is 2.63. The quantitative estimate of drug-likeness (QED) is 0.849. The lowest BCUT2D eigenvalue weighted by Crippen LogP contribution is -2.37. The highest BCUT2D eigenvalue weighted by molar-refractivity contribution is 5.75. The highest BCUT2D eigenvalue weighted by Crippen LogP contribution is 2.34. The summed E-state index contributed by atoms with van der Waals surface area (Å²) in [4.78, 5) is 8.26. The van der Waals surface area contributed by atoms with Crippen LogP contribution in [0, 0.1) is 0 Å². The van der Waals surface area contributed by atoms with Crippen LogP contribution in [0.3, 0.4) is 0 Å². The Bertz CT molecular complexity index is 476. The van der Waals surface area contributed by atoms with Gasteiger partial charge in [-0.1, -0.05) is 25.5 Å². The lowest BCUT2D eigenvalue weighted by Gasteiger charge is -2.26. The fourth-order valence-electron chi connectivity index (χ4n) is 2.95. The largest absolute Gasteiger partial charge is 0.340 e. The number of aromatic amines is 1. The van der Waals surface area contributed by atoms with Gasteiger partial charge in [-0.15, -0.1) is 0 Å². The Labute approximate surface area is 102 Å². The number of aromatic nitrogens is 2. The van der Waals surface area contributed by atoms with Gasteiger partial charge in [-0.05, 0) is 37.9 Å². The lowest BCUT2D eigenvalue weighted by molar-refractivity contribution is 0.338. The Morgan fingerprint density at radius 3 is 2.94 bits per heavy atom. The Morgan fingerprint density at radius 1 is 1.35 bits per heavy atom. The molecule has 3 heteroatoms. The molecule has 1 aromatic carbocycles. The first-order valence-corrected chi connectivity index (χ1v) is 6.54. The number of hydrogen-bond acceptors (Lipinski definition) is 2. The number of para-hydroxylation sites is 2. The molecule has 90 valence electrons. The molecule has 1 fully saturated rings. The Morgan fingerprint density at radius 2 is 2.24 bits per heavy atom. The minimum atomic E-state index is 0.0910. The van der Waals surface area contributed by atoms with Crippen LogP contribution >= 0.6 is 0 Å². The lowest BCUT2D eigenvalue weighted by atomic mass is 9.91. The summed E-state index contributed by atoms with van der Waals surface area (Å²) in [5, 5.41) is 3.65. The molecule has 1 saturated heterocycles.